The van der Waals surface area contributed by atoms with E-state index in [1.807, 2.05) is 32.0 Å². The van der Waals surface area contributed by atoms with Crippen molar-refractivity contribution in [2.75, 3.05) is 25.6 Å². The molecule has 0 heterocycles. The summed E-state index contributed by atoms with van der Waals surface area (Å²) in [7, 11) is 1.63. The molecular weight excluding hydrogens is 278 g/mol. The predicted octanol–water partition coefficient (Wildman–Crippen LogP) is 3.58. The molecule has 0 aliphatic heterocycles. The molecule has 22 heavy (non-hydrogen) atoms. The van der Waals surface area contributed by atoms with Gasteiger partial charge in [0.2, 0.25) is 0 Å². The van der Waals surface area contributed by atoms with Gasteiger partial charge >= 0.3 is 0 Å². The molecule has 0 saturated heterocycles. The molecule has 0 radical (unpaired) electrons. The molecule has 116 valence electrons. The van der Waals surface area contributed by atoms with Crippen molar-refractivity contribution in [2.24, 2.45) is 0 Å². The molecular formula is C18H21NO3. The van der Waals surface area contributed by atoms with Gasteiger partial charge in [0, 0.05) is 18.4 Å². The fraction of sp³-hybridized carbons (Fsp3) is 0.278. The normalized spacial score (nSPS) is 10.3. The van der Waals surface area contributed by atoms with Gasteiger partial charge in [-0.05, 0) is 61.4 Å². The van der Waals surface area contributed by atoms with Crippen LogP contribution in [0.4, 0.5) is 5.69 Å². The molecule has 0 unspecified atom stereocenters. The van der Waals surface area contributed by atoms with Crippen LogP contribution < -0.4 is 10.1 Å². The van der Waals surface area contributed by atoms with Gasteiger partial charge in [0.1, 0.15) is 12.4 Å². The smallest absolute Gasteiger partial charge is 0.255 e. The summed E-state index contributed by atoms with van der Waals surface area (Å²) < 4.78 is 10.4. The highest BCUT2D eigenvalue weighted by atomic mass is 16.5. The van der Waals surface area contributed by atoms with Crippen molar-refractivity contribution in [1.29, 1.82) is 0 Å². The van der Waals surface area contributed by atoms with Crippen molar-refractivity contribution in [3.63, 3.8) is 0 Å². The van der Waals surface area contributed by atoms with Gasteiger partial charge in [-0.3, -0.25) is 4.79 Å². The second kappa shape index (κ2) is 7.61. The van der Waals surface area contributed by atoms with E-state index in [1.54, 1.807) is 31.4 Å². The molecule has 0 aliphatic rings. The molecule has 0 fully saturated rings. The van der Waals surface area contributed by atoms with E-state index in [0.29, 0.717) is 18.8 Å². The Morgan fingerprint density at radius 3 is 2.36 bits per heavy atom. The summed E-state index contributed by atoms with van der Waals surface area (Å²) in [5.74, 6) is 0.589. The van der Waals surface area contributed by atoms with Crippen molar-refractivity contribution in [3.8, 4) is 5.75 Å². The zero-order valence-corrected chi connectivity index (χ0v) is 13.2. The molecule has 4 heteroatoms. The largest absolute Gasteiger partial charge is 0.491 e. The fourth-order valence-corrected chi connectivity index (χ4v) is 1.97. The molecule has 0 saturated carbocycles. The summed E-state index contributed by atoms with van der Waals surface area (Å²) in [6.45, 7) is 5.10. The zero-order chi connectivity index (χ0) is 15.9. The molecule has 1 N–H and O–H groups in total. The number of hydrogen-bond acceptors (Lipinski definition) is 3. The van der Waals surface area contributed by atoms with E-state index < -0.39 is 0 Å². The van der Waals surface area contributed by atoms with Crippen molar-refractivity contribution in [2.45, 2.75) is 13.8 Å². The molecule has 0 bridgehead atoms. The number of carbonyl (C=O) groups is 1. The first-order chi connectivity index (χ1) is 10.6. The molecule has 0 aromatic heterocycles. The van der Waals surface area contributed by atoms with E-state index >= 15 is 0 Å². The maximum atomic E-state index is 12.2. The topological polar surface area (TPSA) is 47.6 Å². The van der Waals surface area contributed by atoms with Gasteiger partial charge in [0.15, 0.2) is 0 Å². The van der Waals surface area contributed by atoms with Crippen molar-refractivity contribution >= 4 is 11.6 Å². The molecule has 0 aliphatic carbocycles. The molecule has 2 rings (SSSR count). The number of anilines is 1. The highest BCUT2D eigenvalue weighted by Crippen LogP contribution is 2.17. The van der Waals surface area contributed by atoms with Gasteiger partial charge in [0.05, 0.1) is 6.61 Å². The van der Waals surface area contributed by atoms with Gasteiger partial charge < -0.3 is 14.8 Å². The first-order valence-electron chi connectivity index (χ1n) is 7.20. The van der Waals surface area contributed by atoms with Crippen molar-refractivity contribution < 1.29 is 14.3 Å². The van der Waals surface area contributed by atoms with Crippen molar-refractivity contribution in [1.82, 2.24) is 0 Å². The van der Waals surface area contributed by atoms with E-state index in [1.165, 1.54) is 5.56 Å². The lowest BCUT2D eigenvalue weighted by atomic mass is 10.1. The van der Waals surface area contributed by atoms with Crippen LogP contribution in [0.1, 0.15) is 21.5 Å². The lowest BCUT2D eigenvalue weighted by molar-refractivity contribution is 0.102. The number of ether oxygens (including phenoxy) is 2. The van der Waals surface area contributed by atoms with Crippen LogP contribution in [0.5, 0.6) is 5.75 Å². The number of aryl methyl sites for hydroxylation is 2. The quantitative estimate of drug-likeness (QED) is 0.829. The summed E-state index contributed by atoms with van der Waals surface area (Å²) >= 11 is 0. The number of nitrogens with one attached hydrogen (secondary N) is 1. The highest BCUT2D eigenvalue weighted by Gasteiger charge is 2.07. The van der Waals surface area contributed by atoms with Gasteiger partial charge in [0.25, 0.3) is 5.91 Å². The summed E-state index contributed by atoms with van der Waals surface area (Å²) in [6, 6.07) is 12.9. The summed E-state index contributed by atoms with van der Waals surface area (Å²) in [6.07, 6.45) is 0. The molecule has 1 amide bonds. The third-order valence-electron chi connectivity index (χ3n) is 3.44. The monoisotopic (exact) mass is 299 g/mol. The van der Waals surface area contributed by atoms with E-state index in [0.717, 1.165) is 17.0 Å². The Morgan fingerprint density at radius 1 is 1.00 bits per heavy atom. The number of benzene rings is 2. The first-order valence-corrected chi connectivity index (χ1v) is 7.20. The summed E-state index contributed by atoms with van der Waals surface area (Å²) in [4.78, 5) is 12.2. The fourth-order valence-electron chi connectivity index (χ4n) is 1.97. The average molecular weight is 299 g/mol. The van der Waals surface area contributed by atoms with E-state index in [4.69, 9.17) is 9.47 Å². The maximum Gasteiger partial charge on any atom is 0.255 e. The van der Waals surface area contributed by atoms with E-state index in [-0.39, 0.29) is 5.91 Å². The molecule has 4 nitrogen and oxygen atoms in total. The number of methoxy groups -OCH3 is 1. The third-order valence-corrected chi connectivity index (χ3v) is 3.44. The first kappa shape index (κ1) is 16.0. The standard InChI is InChI=1S/C18H21NO3/c1-13-4-7-16(12-14(13)2)19-18(20)15-5-8-17(9-6-15)22-11-10-21-3/h4-9,12H,10-11H2,1-3H3,(H,19,20). The predicted molar refractivity (Wildman–Crippen MR) is 87.7 cm³/mol. The van der Waals surface area contributed by atoms with Gasteiger partial charge in [-0.1, -0.05) is 6.07 Å². The number of amides is 1. The summed E-state index contributed by atoms with van der Waals surface area (Å²) in [5.41, 5.74) is 3.75. The number of hydrogen-bond donors (Lipinski definition) is 1. The van der Waals surface area contributed by atoms with Gasteiger partial charge in [-0.2, -0.15) is 0 Å². The Bertz CT molecular complexity index is 635. The lowest BCUT2D eigenvalue weighted by Gasteiger charge is -2.09. The van der Waals surface area contributed by atoms with Gasteiger partial charge in [-0.25, -0.2) is 0 Å². The van der Waals surface area contributed by atoms with Crippen LogP contribution >= 0.6 is 0 Å². The lowest BCUT2D eigenvalue weighted by Crippen LogP contribution is -2.12. The van der Waals surface area contributed by atoms with Crippen LogP contribution in [0.15, 0.2) is 42.5 Å². The Kier molecular flexibility index (Phi) is 5.55. The van der Waals surface area contributed by atoms with E-state index in [9.17, 15) is 4.79 Å². The Hall–Kier alpha value is -2.33. The maximum absolute atomic E-state index is 12.2. The summed E-state index contributed by atoms with van der Waals surface area (Å²) in [5, 5.41) is 2.90. The number of rotatable bonds is 6. The van der Waals surface area contributed by atoms with Crippen LogP contribution in [-0.2, 0) is 4.74 Å². The minimum Gasteiger partial charge on any atom is -0.491 e. The van der Waals surface area contributed by atoms with Crippen LogP contribution in [0.25, 0.3) is 0 Å². The van der Waals surface area contributed by atoms with Crippen LogP contribution in [0.3, 0.4) is 0 Å². The van der Waals surface area contributed by atoms with Crippen LogP contribution in [0, 0.1) is 13.8 Å². The number of carbonyl (C=O) groups excluding carboxylic acids is 1. The van der Waals surface area contributed by atoms with Crippen LogP contribution in [0.2, 0.25) is 0 Å². The second-order valence-corrected chi connectivity index (χ2v) is 5.12. The van der Waals surface area contributed by atoms with E-state index in [2.05, 4.69) is 5.32 Å². The Morgan fingerprint density at radius 2 is 1.73 bits per heavy atom. The molecule has 2 aromatic rings. The molecule has 2 aromatic carbocycles. The molecule has 0 spiro atoms. The third kappa shape index (κ3) is 4.33. The van der Waals surface area contributed by atoms with Crippen molar-refractivity contribution in [3.05, 3.63) is 59.2 Å². The molecule has 0 atom stereocenters. The van der Waals surface area contributed by atoms with Crippen LogP contribution in [-0.4, -0.2) is 26.2 Å². The Labute approximate surface area is 131 Å². The zero-order valence-electron chi connectivity index (χ0n) is 13.2. The SMILES string of the molecule is COCCOc1ccc(C(=O)Nc2ccc(C)c(C)c2)cc1. The Balaban J connectivity index is 1.98. The van der Waals surface area contributed by atoms with Gasteiger partial charge in [-0.15, -0.1) is 0 Å². The highest BCUT2D eigenvalue weighted by molar-refractivity contribution is 6.04. The minimum absolute atomic E-state index is 0.133. The second-order valence-electron chi connectivity index (χ2n) is 5.12. The minimum atomic E-state index is -0.133. The average Bonchev–Trinajstić information content (AvgIpc) is 2.52.